The van der Waals surface area contributed by atoms with Crippen molar-refractivity contribution >= 4 is 0 Å². The predicted molar refractivity (Wildman–Crippen MR) is 73.0 cm³/mol. The van der Waals surface area contributed by atoms with Gasteiger partial charge in [0.2, 0.25) is 6.29 Å². The van der Waals surface area contributed by atoms with E-state index < -0.39 is 0 Å². The Balaban J connectivity index is 1.93. The Morgan fingerprint density at radius 2 is 2.00 bits per heavy atom. The Kier molecular flexibility index (Phi) is 5.28. The third-order valence-corrected chi connectivity index (χ3v) is 3.21. The average Bonchev–Trinajstić information content (AvgIpc) is 2.66. The molecule has 0 fully saturated rings. The summed E-state index contributed by atoms with van der Waals surface area (Å²) in [5.41, 5.74) is 1.09. The lowest BCUT2D eigenvalue weighted by Crippen LogP contribution is -2.15. The molecular formula is C16H22O2. The van der Waals surface area contributed by atoms with Gasteiger partial charge >= 0.3 is 0 Å². The van der Waals surface area contributed by atoms with Crippen molar-refractivity contribution < 1.29 is 9.47 Å². The first kappa shape index (κ1) is 13.2. The summed E-state index contributed by atoms with van der Waals surface area (Å²) in [5.74, 6) is 0. The van der Waals surface area contributed by atoms with Crippen LogP contribution in [0.2, 0.25) is 0 Å². The largest absolute Gasteiger partial charge is 0.469 e. The zero-order valence-electron chi connectivity index (χ0n) is 11.0. The molecule has 0 spiro atoms. The molecule has 1 aliphatic heterocycles. The van der Waals surface area contributed by atoms with Crippen LogP contribution in [0.15, 0.2) is 42.7 Å². The van der Waals surface area contributed by atoms with Gasteiger partial charge in [0.1, 0.15) is 0 Å². The van der Waals surface area contributed by atoms with Crippen molar-refractivity contribution in [3.63, 3.8) is 0 Å². The normalized spacial score (nSPS) is 23.4. The van der Waals surface area contributed by atoms with Crippen LogP contribution in [0.1, 0.15) is 50.9 Å². The molecule has 0 aliphatic carbocycles. The zero-order valence-corrected chi connectivity index (χ0v) is 11.0. The molecule has 2 nitrogen and oxygen atoms in total. The monoisotopic (exact) mass is 246 g/mol. The van der Waals surface area contributed by atoms with Crippen molar-refractivity contribution in [3.05, 3.63) is 48.2 Å². The van der Waals surface area contributed by atoms with E-state index in [4.69, 9.17) is 9.47 Å². The van der Waals surface area contributed by atoms with E-state index in [-0.39, 0.29) is 12.4 Å². The molecule has 0 amide bonds. The Morgan fingerprint density at radius 1 is 1.17 bits per heavy atom. The van der Waals surface area contributed by atoms with Crippen LogP contribution in [0.4, 0.5) is 0 Å². The maximum absolute atomic E-state index is 6.06. The van der Waals surface area contributed by atoms with Crippen LogP contribution in [-0.2, 0) is 9.47 Å². The second kappa shape index (κ2) is 7.22. The van der Waals surface area contributed by atoms with E-state index in [1.807, 2.05) is 30.3 Å². The van der Waals surface area contributed by atoms with Gasteiger partial charge in [-0.2, -0.15) is 0 Å². The van der Waals surface area contributed by atoms with Crippen LogP contribution < -0.4 is 0 Å². The molecule has 0 radical (unpaired) electrons. The average molecular weight is 246 g/mol. The fraction of sp³-hybridized carbons (Fsp3) is 0.500. The van der Waals surface area contributed by atoms with E-state index in [1.54, 1.807) is 6.26 Å². The van der Waals surface area contributed by atoms with Gasteiger partial charge in [0.05, 0.1) is 12.4 Å². The topological polar surface area (TPSA) is 18.5 Å². The van der Waals surface area contributed by atoms with Gasteiger partial charge < -0.3 is 9.47 Å². The van der Waals surface area contributed by atoms with Gasteiger partial charge in [0, 0.05) is 5.56 Å². The number of hydrogen-bond donors (Lipinski definition) is 0. The van der Waals surface area contributed by atoms with Gasteiger partial charge in [-0.25, -0.2) is 0 Å². The van der Waals surface area contributed by atoms with Crippen molar-refractivity contribution in [1.82, 2.24) is 0 Å². The minimum atomic E-state index is -0.253. The summed E-state index contributed by atoms with van der Waals surface area (Å²) in [4.78, 5) is 0. The predicted octanol–water partition coefficient (Wildman–Crippen LogP) is 4.58. The molecule has 98 valence electrons. The summed E-state index contributed by atoms with van der Waals surface area (Å²) >= 11 is 0. The maximum Gasteiger partial charge on any atom is 0.226 e. The first-order valence-corrected chi connectivity index (χ1v) is 6.91. The van der Waals surface area contributed by atoms with E-state index >= 15 is 0 Å². The molecule has 1 aromatic carbocycles. The van der Waals surface area contributed by atoms with Gasteiger partial charge in [-0.3, -0.25) is 0 Å². The highest BCUT2D eigenvalue weighted by molar-refractivity contribution is 5.16. The van der Waals surface area contributed by atoms with Crippen molar-refractivity contribution in [2.75, 3.05) is 0 Å². The molecule has 2 rings (SSSR count). The van der Waals surface area contributed by atoms with Crippen LogP contribution in [0.3, 0.4) is 0 Å². The Morgan fingerprint density at radius 3 is 2.78 bits per heavy atom. The Hall–Kier alpha value is -1.28. The van der Waals surface area contributed by atoms with Crippen molar-refractivity contribution in [2.24, 2.45) is 0 Å². The zero-order chi connectivity index (χ0) is 12.6. The van der Waals surface area contributed by atoms with Crippen molar-refractivity contribution in [3.8, 4) is 0 Å². The van der Waals surface area contributed by atoms with Crippen LogP contribution in [-0.4, -0.2) is 6.10 Å². The minimum Gasteiger partial charge on any atom is -0.469 e. The summed E-state index contributed by atoms with van der Waals surface area (Å²) in [5, 5.41) is 0. The number of ether oxygens (including phenoxy) is 2. The summed E-state index contributed by atoms with van der Waals surface area (Å²) < 4.78 is 11.7. The fourth-order valence-corrected chi connectivity index (χ4v) is 2.17. The molecule has 0 unspecified atom stereocenters. The van der Waals surface area contributed by atoms with E-state index in [2.05, 4.69) is 13.0 Å². The standard InChI is InChI=1S/C16H22O2/c1-2-3-5-11-15-12-8-13-17-16(18-15)14-9-6-4-7-10-14/h4,6-10,13,15-16H,2-3,5,11-12H2,1H3/t15-,16+/m1/s1. The van der Waals surface area contributed by atoms with Crippen molar-refractivity contribution in [1.29, 1.82) is 0 Å². The highest BCUT2D eigenvalue weighted by Crippen LogP contribution is 2.26. The Labute approximate surface area is 110 Å². The maximum atomic E-state index is 6.06. The number of rotatable bonds is 5. The summed E-state index contributed by atoms with van der Waals surface area (Å²) in [6.45, 7) is 2.23. The quantitative estimate of drug-likeness (QED) is 0.708. The van der Waals surface area contributed by atoms with Crippen molar-refractivity contribution in [2.45, 2.75) is 51.4 Å². The molecule has 0 saturated heterocycles. The highest BCUT2D eigenvalue weighted by atomic mass is 16.7. The molecule has 0 N–H and O–H groups in total. The first-order chi connectivity index (χ1) is 8.90. The van der Waals surface area contributed by atoms with Gasteiger partial charge in [-0.05, 0) is 18.9 Å². The van der Waals surface area contributed by atoms with Crippen LogP contribution in [0.5, 0.6) is 0 Å². The smallest absolute Gasteiger partial charge is 0.226 e. The molecule has 18 heavy (non-hydrogen) atoms. The minimum absolute atomic E-state index is 0.253. The van der Waals surface area contributed by atoms with Gasteiger partial charge in [-0.1, -0.05) is 56.5 Å². The third kappa shape index (κ3) is 3.88. The molecule has 0 aromatic heterocycles. The molecule has 0 bridgehead atoms. The van der Waals surface area contributed by atoms with Gasteiger partial charge in [0.25, 0.3) is 0 Å². The number of benzene rings is 1. The van der Waals surface area contributed by atoms with Crippen LogP contribution >= 0.6 is 0 Å². The Bertz CT molecular complexity index is 359. The molecule has 2 heteroatoms. The SMILES string of the molecule is CCCCC[C@@H]1CC=CO[C@H](c2ccccc2)O1. The molecule has 2 atom stereocenters. The first-order valence-electron chi connectivity index (χ1n) is 6.91. The second-order valence-corrected chi connectivity index (χ2v) is 4.74. The molecule has 1 heterocycles. The summed E-state index contributed by atoms with van der Waals surface area (Å²) in [6, 6.07) is 10.1. The van der Waals surface area contributed by atoms with Gasteiger partial charge in [0.15, 0.2) is 0 Å². The van der Waals surface area contributed by atoms with Gasteiger partial charge in [-0.15, -0.1) is 0 Å². The number of unbranched alkanes of at least 4 members (excludes halogenated alkanes) is 2. The van der Waals surface area contributed by atoms with Crippen LogP contribution in [0, 0.1) is 0 Å². The number of hydrogen-bond acceptors (Lipinski definition) is 2. The lowest BCUT2D eigenvalue weighted by atomic mass is 10.1. The third-order valence-electron chi connectivity index (χ3n) is 3.21. The lowest BCUT2D eigenvalue weighted by molar-refractivity contribution is -0.139. The van der Waals surface area contributed by atoms with E-state index in [9.17, 15) is 0 Å². The molecular weight excluding hydrogens is 224 g/mol. The van der Waals surface area contributed by atoms with Crippen LogP contribution in [0.25, 0.3) is 0 Å². The molecule has 1 aliphatic rings. The molecule has 1 aromatic rings. The van der Waals surface area contributed by atoms with E-state index in [1.165, 1.54) is 19.3 Å². The second-order valence-electron chi connectivity index (χ2n) is 4.74. The lowest BCUT2D eigenvalue weighted by Gasteiger charge is -2.21. The highest BCUT2D eigenvalue weighted by Gasteiger charge is 2.19. The summed E-state index contributed by atoms with van der Waals surface area (Å²) in [7, 11) is 0. The fourth-order valence-electron chi connectivity index (χ4n) is 2.17. The van der Waals surface area contributed by atoms with E-state index in [0.717, 1.165) is 18.4 Å². The summed E-state index contributed by atoms with van der Waals surface area (Å²) in [6.07, 6.45) is 9.70. The van der Waals surface area contributed by atoms with E-state index in [0.29, 0.717) is 0 Å². The molecule has 0 saturated carbocycles.